The van der Waals surface area contributed by atoms with Gasteiger partial charge in [0.15, 0.2) is 0 Å². The molecule has 1 saturated carbocycles. The second-order valence-corrected chi connectivity index (χ2v) is 5.40. The molecule has 0 aromatic heterocycles. The summed E-state index contributed by atoms with van der Waals surface area (Å²) in [6, 6.07) is 0. The van der Waals surface area contributed by atoms with Gasteiger partial charge in [0, 0.05) is 0 Å². The van der Waals surface area contributed by atoms with Crippen molar-refractivity contribution in [3.05, 3.63) is 0 Å². The van der Waals surface area contributed by atoms with Gasteiger partial charge in [-0.05, 0) is 36.5 Å². The standard InChI is InChI=1S/C13H26/c1-5-6-12(8-7-10(2)3)13-9-11(13)4/h10-13H,5-9H2,1-4H3. The highest BCUT2D eigenvalue weighted by Gasteiger charge is 2.38. The van der Waals surface area contributed by atoms with Gasteiger partial charge in [0.05, 0.1) is 0 Å². The minimum absolute atomic E-state index is 0.897. The first kappa shape index (κ1) is 11.1. The molecule has 0 N–H and O–H groups in total. The third kappa shape index (κ3) is 3.70. The molecule has 0 amide bonds. The van der Waals surface area contributed by atoms with Crippen LogP contribution in [0, 0.1) is 23.7 Å². The topological polar surface area (TPSA) is 0 Å². The molecule has 0 saturated heterocycles. The maximum absolute atomic E-state index is 2.42. The smallest absolute Gasteiger partial charge is 0.0357 e. The van der Waals surface area contributed by atoms with Gasteiger partial charge in [-0.25, -0.2) is 0 Å². The molecule has 3 unspecified atom stereocenters. The van der Waals surface area contributed by atoms with Gasteiger partial charge >= 0.3 is 0 Å². The van der Waals surface area contributed by atoms with E-state index >= 15 is 0 Å². The summed E-state index contributed by atoms with van der Waals surface area (Å²) in [4.78, 5) is 0. The quantitative estimate of drug-likeness (QED) is 0.567. The maximum atomic E-state index is 2.42. The van der Waals surface area contributed by atoms with Crippen molar-refractivity contribution in [2.45, 2.75) is 59.8 Å². The highest BCUT2D eigenvalue weighted by molar-refractivity contribution is 4.88. The Morgan fingerprint density at radius 1 is 1.15 bits per heavy atom. The van der Waals surface area contributed by atoms with Gasteiger partial charge in [-0.15, -0.1) is 0 Å². The molecule has 78 valence electrons. The molecule has 0 heterocycles. The van der Waals surface area contributed by atoms with Crippen LogP contribution in [0.4, 0.5) is 0 Å². The van der Waals surface area contributed by atoms with Crippen molar-refractivity contribution in [3.63, 3.8) is 0 Å². The summed E-state index contributed by atoms with van der Waals surface area (Å²) >= 11 is 0. The molecule has 0 spiro atoms. The van der Waals surface area contributed by atoms with Crippen molar-refractivity contribution in [3.8, 4) is 0 Å². The van der Waals surface area contributed by atoms with E-state index in [9.17, 15) is 0 Å². The molecule has 1 aliphatic carbocycles. The van der Waals surface area contributed by atoms with Crippen molar-refractivity contribution in [2.75, 3.05) is 0 Å². The van der Waals surface area contributed by atoms with E-state index in [0.29, 0.717) is 0 Å². The average molecular weight is 182 g/mol. The lowest BCUT2D eigenvalue weighted by atomic mass is 9.89. The Labute approximate surface area is 84.1 Å². The summed E-state index contributed by atoms with van der Waals surface area (Å²) in [6.07, 6.45) is 7.30. The Hall–Kier alpha value is 0. The lowest BCUT2D eigenvalue weighted by molar-refractivity contribution is 0.347. The lowest BCUT2D eigenvalue weighted by Gasteiger charge is -2.16. The Morgan fingerprint density at radius 3 is 2.15 bits per heavy atom. The highest BCUT2D eigenvalue weighted by Crippen LogP contribution is 2.47. The second-order valence-electron chi connectivity index (χ2n) is 5.40. The largest absolute Gasteiger partial charge is 0.0654 e. The van der Waals surface area contributed by atoms with Crippen LogP contribution in [0.25, 0.3) is 0 Å². The van der Waals surface area contributed by atoms with E-state index in [1.54, 1.807) is 0 Å². The van der Waals surface area contributed by atoms with E-state index in [4.69, 9.17) is 0 Å². The van der Waals surface area contributed by atoms with Crippen LogP contribution in [0.15, 0.2) is 0 Å². The maximum Gasteiger partial charge on any atom is -0.0357 e. The monoisotopic (exact) mass is 182 g/mol. The molecule has 1 aliphatic rings. The van der Waals surface area contributed by atoms with E-state index in [1.165, 1.54) is 32.1 Å². The van der Waals surface area contributed by atoms with Crippen LogP contribution in [0.3, 0.4) is 0 Å². The number of rotatable bonds is 6. The Kier molecular flexibility index (Phi) is 4.28. The third-order valence-corrected chi connectivity index (χ3v) is 3.55. The van der Waals surface area contributed by atoms with Crippen LogP contribution in [-0.2, 0) is 0 Å². The third-order valence-electron chi connectivity index (χ3n) is 3.55. The van der Waals surface area contributed by atoms with Gasteiger partial charge in [-0.2, -0.15) is 0 Å². The second kappa shape index (κ2) is 5.02. The van der Waals surface area contributed by atoms with Crippen LogP contribution in [0.5, 0.6) is 0 Å². The Bertz CT molecular complexity index is 137. The molecule has 0 aliphatic heterocycles. The average Bonchev–Trinajstić information content (AvgIpc) is 2.76. The van der Waals surface area contributed by atoms with Gasteiger partial charge in [-0.1, -0.05) is 47.0 Å². The normalized spacial score (nSPS) is 29.3. The van der Waals surface area contributed by atoms with E-state index in [0.717, 1.165) is 23.7 Å². The van der Waals surface area contributed by atoms with Crippen LogP contribution in [-0.4, -0.2) is 0 Å². The molecule has 0 nitrogen and oxygen atoms in total. The molecule has 1 rings (SSSR count). The van der Waals surface area contributed by atoms with Gasteiger partial charge in [-0.3, -0.25) is 0 Å². The van der Waals surface area contributed by atoms with Gasteiger partial charge in [0.1, 0.15) is 0 Å². The Balaban J connectivity index is 2.22. The minimum atomic E-state index is 0.897. The molecule has 0 radical (unpaired) electrons. The summed E-state index contributed by atoms with van der Waals surface area (Å²) in [5.74, 6) is 4.10. The van der Waals surface area contributed by atoms with Crippen molar-refractivity contribution in [2.24, 2.45) is 23.7 Å². The predicted molar refractivity (Wildman–Crippen MR) is 59.7 cm³/mol. The van der Waals surface area contributed by atoms with Crippen LogP contribution in [0.1, 0.15) is 59.8 Å². The summed E-state index contributed by atoms with van der Waals surface area (Å²) in [5, 5.41) is 0. The SMILES string of the molecule is CCCC(CCC(C)C)C1CC1C. The summed E-state index contributed by atoms with van der Waals surface area (Å²) in [5.41, 5.74) is 0. The first-order valence-electron chi connectivity index (χ1n) is 6.15. The summed E-state index contributed by atoms with van der Waals surface area (Å²) in [6.45, 7) is 9.44. The summed E-state index contributed by atoms with van der Waals surface area (Å²) < 4.78 is 0. The van der Waals surface area contributed by atoms with Gasteiger partial charge in [0.2, 0.25) is 0 Å². The van der Waals surface area contributed by atoms with E-state index < -0.39 is 0 Å². The zero-order valence-corrected chi connectivity index (χ0v) is 9.84. The first-order valence-corrected chi connectivity index (χ1v) is 6.15. The van der Waals surface area contributed by atoms with Gasteiger partial charge < -0.3 is 0 Å². The molecule has 0 aromatic rings. The first-order chi connectivity index (χ1) is 6.15. The van der Waals surface area contributed by atoms with Crippen LogP contribution >= 0.6 is 0 Å². The lowest BCUT2D eigenvalue weighted by Crippen LogP contribution is -2.05. The molecule has 0 heteroatoms. The molecule has 1 fully saturated rings. The van der Waals surface area contributed by atoms with E-state index in [1.807, 2.05) is 0 Å². The number of hydrogen-bond acceptors (Lipinski definition) is 0. The van der Waals surface area contributed by atoms with Crippen molar-refractivity contribution in [1.82, 2.24) is 0 Å². The van der Waals surface area contributed by atoms with Crippen molar-refractivity contribution in [1.29, 1.82) is 0 Å². The summed E-state index contributed by atoms with van der Waals surface area (Å²) in [7, 11) is 0. The minimum Gasteiger partial charge on any atom is -0.0654 e. The highest BCUT2D eigenvalue weighted by atomic mass is 14.4. The van der Waals surface area contributed by atoms with Crippen molar-refractivity contribution < 1.29 is 0 Å². The van der Waals surface area contributed by atoms with Gasteiger partial charge in [0.25, 0.3) is 0 Å². The Morgan fingerprint density at radius 2 is 1.77 bits per heavy atom. The predicted octanol–water partition coefficient (Wildman–Crippen LogP) is 4.49. The van der Waals surface area contributed by atoms with E-state index in [-0.39, 0.29) is 0 Å². The molecular weight excluding hydrogens is 156 g/mol. The van der Waals surface area contributed by atoms with Crippen LogP contribution < -0.4 is 0 Å². The van der Waals surface area contributed by atoms with Crippen molar-refractivity contribution >= 4 is 0 Å². The molecule has 13 heavy (non-hydrogen) atoms. The molecule has 0 aromatic carbocycles. The zero-order chi connectivity index (χ0) is 9.84. The fourth-order valence-electron chi connectivity index (χ4n) is 2.50. The zero-order valence-electron chi connectivity index (χ0n) is 9.84. The molecular formula is C13H26. The van der Waals surface area contributed by atoms with Crippen LogP contribution in [0.2, 0.25) is 0 Å². The molecule has 0 bridgehead atoms. The number of hydrogen-bond donors (Lipinski definition) is 0. The fraction of sp³-hybridized carbons (Fsp3) is 1.00. The van der Waals surface area contributed by atoms with E-state index in [2.05, 4.69) is 27.7 Å². The molecule has 3 atom stereocenters. The fourth-order valence-corrected chi connectivity index (χ4v) is 2.50.